The highest BCUT2D eigenvalue weighted by Crippen LogP contribution is 2.33. The topological polar surface area (TPSA) is 82.6 Å². The van der Waals surface area contributed by atoms with Crippen LogP contribution in [-0.4, -0.2) is 52.5 Å². The van der Waals surface area contributed by atoms with Gasteiger partial charge in [0.25, 0.3) is 5.91 Å². The first-order chi connectivity index (χ1) is 11.4. The summed E-state index contributed by atoms with van der Waals surface area (Å²) < 4.78 is 11.9. The van der Waals surface area contributed by atoms with E-state index in [-0.39, 0.29) is 29.7 Å². The van der Waals surface area contributed by atoms with E-state index >= 15 is 0 Å². The number of oxazole rings is 1. The molecule has 126 valence electrons. The van der Waals surface area contributed by atoms with Gasteiger partial charge in [0.1, 0.15) is 10.4 Å². The van der Waals surface area contributed by atoms with E-state index in [9.17, 15) is 10.1 Å². The van der Waals surface area contributed by atoms with Crippen LogP contribution in [0.25, 0.3) is 6.08 Å². The number of hydrogen-bond acceptors (Lipinski definition) is 8. The molecule has 1 aromatic rings. The second-order valence-electron chi connectivity index (χ2n) is 5.72. The van der Waals surface area contributed by atoms with Crippen molar-refractivity contribution in [3.05, 3.63) is 16.5 Å². The highest BCUT2D eigenvalue weighted by molar-refractivity contribution is 8.26. The second-order valence-corrected chi connectivity index (χ2v) is 7.40. The van der Waals surface area contributed by atoms with Crippen LogP contribution in [0.4, 0.5) is 5.88 Å². The zero-order valence-corrected chi connectivity index (χ0v) is 15.1. The van der Waals surface area contributed by atoms with E-state index in [0.717, 1.165) is 0 Å². The Kier molecular flexibility index (Phi) is 4.62. The number of anilines is 1. The summed E-state index contributed by atoms with van der Waals surface area (Å²) in [6, 6.07) is 2.05. The van der Waals surface area contributed by atoms with E-state index in [0.29, 0.717) is 28.2 Å². The summed E-state index contributed by atoms with van der Waals surface area (Å²) in [5, 5.41) is 9.34. The lowest BCUT2D eigenvalue weighted by atomic mass is 10.2. The van der Waals surface area contributed by atoms with Gasteiger partial charge in [-0.1, -0.05) is 24.0 Å². The number of thioether (sulfide) groups is 1. The number of thiocarbonyl (C=S) groups is 1. The fourth-order valence-electron chi connectivity index (χ4n) is 2.68. The quantitative estimate of drug-likeness (QED) is 0.582. The molecular formula is C15H16N4O3S2. The van der Waals surface area contributed by atoms with Gasteiger partial charge >= 0.3 is 0 Å². The summed E-state index contributed by atoms with van der Waals surface area (Å²) >= 11 is 6.28. The van der Waals surface area contributed by atoms with Crippen molar-refractivity contribution in [1.82, 2.24) is 9.88 Å². The fourth-order valence-corrected chi connectivity index (χ4v) is 3.82. The Hall–Kier alpha value is -1.89. The first-order valence-electron chi connectivity index (χ1n) is 7.42. The van der Waals surface area contributed by atoms with Crippen LogP contribution in [0.5, 0.6) is 0 Å². The Labute approximate surface area is 149 Å². The molecule has 2 aliphatic heterocycles. The summed E-state index contributed by atoms with van der Waals surface area (Å²) in [5.74, 6) is 0.442. The smallest absolute Gasteiger partial charge is 0.266 e. The average Bonchev–Trinajstić information content (AvgIpc) is 3.04. The molecule has 3 heterocycles. The standard InChI is InChI=1S/C15H16N4O3S2/c1-8-6-19(7-9(2)21-8)14-10(5-16)17-12(22-14)4-11-13(20)18(3)15(23)24-11/h4,8-9H,6-7H2,1-3H3/b11-4+/t8-,9-/m1/s1. The van der Waals surface area contributed by atoms with Crippen LogP contribution < -0.4 is 4.90 Å². The Bertz CT molecular complexity index is 757. The van der Waals surface area contributed by atoms with E-state index in [1.54, 1.807) is 7.05 Å². The molecule has 1 amide bonds. The van der Waals surface area contributed by atoms with Gasteiger partial charge in [-0.05, 0) is 13.8 Å². The number of carbonyl (C=O) groups excluding carboxylic acids is 1. The molecule has 2 aliphatic rings. The van der Waals surface area contributed by atoms with Crippen molar-refractivity contribution in [2.45, 2.75) is 26.1 Å². The van der Waals surface area contributed by atoms with Crippen molar-refractivity contribution in [3.63, 3.8) is 0 Å². The first kappa shape index (κ1) is 17.0. The number of rotatable bonds is 2. The minimum Gasteiger partial charge on any atom is -0.420 e. The third-order valence-corrected chi connectivity index (χ3v) is 5.16. The van der Waals surface area contributed by atoms with Gasteiger partial charge in [0, 0.05) is 26.2 Å². The van der Waals surface area contributed by atoms with E-state index < -0.39 is 0 Å². The minimum atomic E-state index is -0.197. The van der Waals surface area contributed by atoms with E-state index in [2.05, 4.69) is 11.1 Å². The summed E-state index contributed by atoms with van der Waals surface area (Å²) in [5.41, 5.74) is 0.203. The molecule has 0 N–H and O–H groups in total. The third-order valence-electron chi connectivity index (χ3n) is 3.68. The highest BCUT2D eigenvalue weighted by Gasteiger charge is 2.31. The molecule has 0 spiro atoms. The molecule has 2 saturated heterocycles. The monoisotopic (exact) mass is 364 g/mol. The Morgan fingerprint density at radius 2 is 2.08 bits per heavy atom. The normalized spacial score (nSPS) is 26.3. The van der Waals surface area contributed by atoms with E-state index in [1.807, 2.05) is 18.7 Å². The van der Waals surface area contributed by atoms with Crippen LogP contribution >= 0.6 is 24.0 Å². The van der Waals surface area contributed by atoms with Crippen LogP contribution in [0.1, 0.15) is 25.4 Å². The molecule has 0 bridgehead atoms. The zero-order valence-electron chi connectivity index (χ0n) is 13.5. The predicted molar refractivity (Wildman–Crippen MR) is 94.4 cm³/mol. The molecule has 3 rings (SSSR count). The molecule has 1 aromatic heterocycles. The number of nitriles is 1. The molecule has 0 unspecified atom stereocenters. The molecular weight excluding hydrogens is 348 g/mol. The number of ether oxygens (including phenoxy) is 1. The number of amides is 1. The molecule has 0 aliphatic carbocycles. The Balaban J connectivity index is 1.90. The van der Waals surface area contributed by atoms with Crippen LogP contribution in [0.2, 0.25) is 0 Å². The molecule has 0 saturated carbocycles. The molecule has 24 heavy (non-hydrogen) atoms. The molecule has 9 heteroatoms. The number of carbonyl (C=O) groups is 1. The maximum atomic E-state index is 12.1. The molecule has 0 radical (unpaired) electrons. The van der Waals surface area contributed by atoms with Crippen LogP contribution in [0, 0.1) is 11.3 Å². The van der Waals surface area contributed by atoms with Crippen LogP contribution in [0.3, 0.4) is 0 Å². The van der Waals surface area contributed by atoms with E-state index in [1.165, 1.54) is 22.7 Å². The highest BCUT2D eigenvalue weighted by atomic mass is 32.2. The van der Waals surface area contributed by atoms with Gasteiger partial charge in [0.15, 0.2) is 0 Å². The van der Waals surface area contributed by atoms with Crippen LogP contribution in [-0.2, 0) is 9.53 Å². The first-order valence-corrected chi connectivity index (χ1v) is 8.64. The molecule has 0 aromatic carbocycles. The lowest BCUT2D eigenvalue weighted by molar-refractivity contribution is -0.121. The lowest BCUT2D eigenvalue weighted by Gasteiger charge is -2.34. The fraction of sp³-hybridized carbons (Fsp3) is 0.467. The largest absolute Gasteiger partial charge is 0.420 e. The SMILES string of the molecule is C[C@@H]1CN(c2oc(/C=C3/SC(=S)N(C)C3=O)nc2C#N)C[C@@H](C)O1. The van der Waals surface area contributed by atoms with Gasteiger partial charge in [-0.25, -0.2) is 0 Å². The van der Waals surface area contributed by atoms with Crippen molar-refractivity contribution in [2.75, 3.05) is 25.0 Å². The van der Waals surface area contributed by atoms with Gasteiger partial charge in [-0.15, -0.1) is 0 Å². The second kappa shape index (κ2) is 6.55. The van der Waals surface area contributed by atoms with Crippen molar-refractivity contribution >= 4 is 46.2 Å². The summed E-state index contributed by atoms with van der Waals surface area (Å²) in [6.45, 7) is 5.17. The molecule has 7 nitrogen and oxygen atoms in total. The van der Waals surface area contributed by atoms with Gasteiger partial charge in [-0.3, -0.25) is 9.69 Å². The maximum absolute atomic E-state index is 12.1. The minimum absolute atomic E-state index is 0.0326. The van der Waals surface area contributed by atoms with Crippen LogP contribution in [0.15, 0.2) is 9.32 Å². The lowest BCUT2D eigenvalue weighted by Crippen LogP contribution is -2.45. The van der Waals surface area contributed by atoms with E-state index in [4.69, 9.17) is 21.4 Å². The Morgan fingerprint density at radius 1 is 1.42 bits per heavy atom. The van der Waals surface area contributed by atoms with Gasteiger partial charge in [-0.2, -0.15) is 10.2 Å². The number of likely N-dealkylation sites (N-methyl/N-ethyl adjacent to an activating group) is 1. The van der Waals surface area contributed by atoms with Gasteiger partial charge < -0.3 is 14.1 Å². The van der Waals surface area contributed by atoms with Gasteiger partial charge in [0.05, 0.1) is 17.1 Å². The maximum Gasteiger partial charge on any atom is 0.266 e. The summed E-state index contributed by atoms with van der Waals surface area (Å²) in [7, 11) is 1.62. The average molecular weight is 364 g/mol. The van der Waals surface area contributed by atoms with Crippen molar-refractivity contribution in [3.8, 4) is 6.07 Å². The third kappa shape index (κ3) is 3.17. The summed E-state index contributed by atoms with van der Waals surface area (Å²) in [6.07, 6.45) is 1.59. The number of hydrogen-bond donors (Lipinski definition) is 0. The van der Waals surface area contributed by atoms with Crippen molar-refractivity contribution < 1.29 is 13.9 Å². The summed E-state index contributed by atoms with van der Waals surface area (Å²) in [4.78, 5) is 20.0. The number of nitrogens with zero attached hydrogens (tertiary/aromatic N) is 4. The Morgan fingerprint density at radius 3 is 2.62 bits per heavy atom. The van der Waals surface area contributed by atoms with Gasteiger partial charge in [0.2, 0.25) is 17.5 Å². The predicted octanol–water partition coefficient (Wildman–Crippen LogP) is 1.99. The number of aromatic nitrogens is 1. The molecule has 2 fully saturated rings. The zero-order chi connectivity index (χ0) is 17.4. The number of morpholine rings is 1. The van der Waals surface area contributed by atoms with Crippen molar-refractivity contribution in [1.29, 1.82) is 5.26 Å². The molecule has 2 atom stereocenters. The van der Waals surface area contributed by atoms with Crippen molar-refractivity contribution in [2.24, 2.45) is 0 Å².